The van der Waals surface area contributed by atoms with E-state index < -0.39 is 29.6 Å². The molecule has 2 aromatic heterocycles. The number of benzene rings is 2. The molecule has 0 saturated carbocycles. The number of thiazole rings is 1. The lowest BCUT2D eigenvalue weighted by atomic mass is 10.1. The molecule has 0 aliphatic carbocycles. The Kier molecular flexibility index (Phi) is 5.31. The molecule has 152 valence electrons. The summed E-state index contributed by atoms with van der Waals surface area (Å²) in [6.45, 7) is 1.30. The summed E-state index contributed by atoms with van der Waals surface area (Å²) in [5.41, 5.74) is 0.636. The number of carbonyl (C=O) groups excluding carboxylic acids is 1. The van der Waals surface area contributed by atoms with Crippen molar-refractivity contribution >= 4 is 44.7 Å². The molecule has 0 spiro atoms. The van der Waals surface area contributed by atoms with Gasteiger partial charge in [-0.1, -0.05) is 23.7 Å². The number of nitrogens with zero attached hydrogens (tertiary/aromatic N) is 3. The Morgan fingerprint density at radius 1 is 1.20 bits per heavy atom. The first-order chi connectivity index (χ1) is 14.3. The molecule has 4 rings (SSSR count). The van der Waals surface area contributed by atoms with E-state index in [1.807, 2.05) is 0 Å². The largest absolute Gasteiger partial charge is 0.322 e. The number of rotatable bonds is 4. The molecule has 1 N–H and O–H groups in total. The van der Waals surface area contributed by atoms with Gasteiger partial charge in [0.1, 0.15) is 23.9 Å². The second-order valence-corrected chi connectivity index (χ2v) is 8.04. The van der Waals surface area contributed by atoms with Gasteiger partial charge in [0, 0.05) is 16.7 Å². The highest BCUT2D eigenvalue weighted by Crippen LogP contribution is 2.30. The molecule has 30 heavy (non-hydrogen) atoms. The highest BCUT2D eigenvalue weighted by atomic mass is 35.5. The van der Waals surface area contributed by atoms with Crippen molar-refractivity contribution in [2.75, 3.05) is 5.32 Å². The van der Waals surface area contributed by atoms with Crippen molar-refractivity contribution in [2.24, 2.45) is 0 Å². The molecule has 0 unspecified atom stereocenters. The SMILES string of the molecule is Cc1nc2c(=O)n(CC(=O)Nc3ccc(F)cc3F)nc(-c3ccc(Cl)cc3)c2s1. The molecule has 0 aliphatic heterocycles. The van der Waals surface area contributed by atoms with E-state index in [4.69, 9.17) is 11.6 Å². The van der Waals surface area contributed by atoms with Gasteiger partial charge in [-0.2, -0.15) is 5.10 Å². The number of fused-ring (bicyclic) bond motifs is 1. The average Bonchev–Trinajstić information content (AvgIpc) is 3.09. The summed E-state index contributed by atoms with van der Waals surface area (Å²) in [6.07, 6.45) is 0. The van der Waals surface area contributed by atoms with E-state index in [9.17, 15) is 18.4 Å². The minimum atomic E-state index is -0.920. The zero-order valence-electron chi connectivity index (χ0n) is 15.4. The zero-order chi connectivity index (χ0) is 21.4. The van der Waals surface area contributed by atoms with Crippen molar-refractivity contribution < 1.29 is 13.6 Å². The summed E-state index contributed by atoms with van der Waals surface area (Å²) >= 11 is 7.27. The number of halogens is 3. The van der Waals surface area contributed by atoms with Crippen LogP contribution in [0.3, 0.4) is 0 Å². The van der Waals surface area contributed by atoms with Gasteiger partial charge in [-0.3, -0.25) is 9.59 Å². The molecule has 0 radical (unpaired) electrons. The van der Waals surface area contributed by atoms with Crippen LogP contribution < -0.4 is 10.9 Å². The molecule has 0 bridgehead atoms. The third-order valence-corrected chi connectivity index (χ3v) is 5.45. The van der Waals surface area contributed by atoms with E-state index >= 15 is 0 Å². The van der Waals surface area contributed by atoms with Crippen LogP contribution in [0.25, 0.3) is 21.5 Å². The number of carbonyl (C=O) groups is 1. The second-order valence-electron chi connectivity index (χ2n) is 6.40. The predicted molar refractivity (Wildman–Crippen MR) is 112 cm³/mol. The number of aryl methyl sites for hydroxylation is 1. The molecule has 0 fully saturated rings. The van der Waals surface area contributed by atoms with E-state index in [-0.39, 0.29) is 11.2 Å². The lowest BCUT2D eigenvalue weighted by molar-refractivity contribution is -0.117. The number of hydrogen-bond donors (Lipinski definition) is 1. The topological polar surface area (TPSA) is 76.9 Å². The van der Waals surface area contributed by atoms with Crippen molar-refractivity contribution in [1.82, 2.24) is 14.8 Å². The van der Waals surface area contributed by atoms with Gasteiger partial charge >= 0.3 is 0 Å². The first-order valence-electron chi connectivity index (χ1n) is 8.71. The first-order valence-corrected chi connectivity index (χ1v) is 9.90. The molecular weight excluding hydrogens is 434 g/mol. The Bertz CT molecular complexity index is 1340. The maximum Gasteiger partial charge on any atom is 0.294 e. The van der Waals surface area contributed by atoms with Crippen molar-refractivity contribution in [2.45, 2.75) is 13.5 Å². The van der Waals surface area contributed by atoms with Crippen LogP contribution in [-0.2, 0) is 11.3 Å². The van der Waals surface area contributed by atoms with Crippen LogP contribution in [-0.4, -0.2) is 20.7 Å². The standard InChI is InChI=1S/C20H13ClF2N4O2S/c1-10-24-18-19(30-10)17(11-2-4-12(21)5-3-11)26-27(20(18)29)9-16(28)25-15-7-6-13(22)8-14(15)23/h2-8H,9H2,1H3,(H,25,28). The highest BCUT2D eigenvalue weighted by Gasteiger charge is 2.18. The molecule has 2 heterocycles. The number of nitrogens with one attached hydrogen (secondary N) is 1. The zero-order valence-corrected chi connectivity index (χ0v) is 17.0. The van der Waals surface area contributed by atoms with Gasteiger partial charge in [0.05, 0.1) is 15.4 Å². The Balaban J connectivity index is 1.73. The first kappa shape index (κ1) is 20.1. The van der Waals surface area contributed by atoms with Crippen LogP contribution in [0.2, 0.25) is 5.02 Å². The van der Waals surface area contributed by atoms with Gasteiger partial charge in [0.2, 0.25) is 5.91 Å². The van der Waals surface area contributed by atoms with Gasteiger partial charge in [-0.05, 0) is 31.2 Å². The number of aromatic nitrogens is 3. The summed E-state index contributed by atoms with van der Waals surface area (Å²) in [6, 6.07) is 9.67. The van der Waals surface area contributed by atoms with Crippen LogP contribution in [0, 0.1) is 18.6 Å². The van der Waals surface area contributed by atoms with Crippen LogP contribution in [0.4, 0.5) is 14.5 Å². The molecule has 0 saturated heterocycles. The van der Waals surface area contributed by atoms with Crippen molar-refractivity contribution in [1.29, 1.82) is 0 Å². The van der Waals surface area contributed by atoms with Gasteiger partial charge in [0.15, 0.2) is 5.52 Å². The van der Waals surface area contributed by atoms with E-state index in [0.717, 1.165) is 16.8 Å². The normalized spacial score (nSPS) is 11.1. The van der Waals surface area contributed by atoms with Crippen LogP contribution >= 0.6 is 22.9 Å². The third kappa shape index (κ3) is 3.94. The van der Waals surface area contributed by atoms with Crippen LogP contribution in [0.15, 0.2) is 47.3 Å². The Labute approximate surface area is 177 Å². The Morgan fingerprint density at radius 3 is 2.63 bits per heavy atom. The van der Waals surface area contributed by atoms with E-state index in [0.29, 0.717) is 32.1 Å². The average molecular weight is 447 g/mol. The summed E-state index contributed by atoms with van der Waals surface area (Å²) in [4.78, 5) is 29.5. The Morgan fingerprint density at radius 2 is 1.93 bits per heavy atom. The number of hydrogen-bond acceptors (Lipinski definition) is 5. The molecule has 2 aromatic carbocycles. The van der Waals surface area contributed by atoms with Crippen molar-refractivity contribution in [3.8, 4) is 11.3 Å². The van der Waals surface area contributed by atoms with Crippen molar-refractivity contribution in [3.63, 3.8) is 0 Å². The van der Waals surface area contributed by atoms with E-state index in [2.05, 4.69) is 15.4 Å². The fourth-order valence-electron chi connectivity index (χ4n) is 2.89. The molecule has 0 atom stereocenters. The summed E-state index contributed by atoms with van der Waals surface area (Å²) in [5.74, 6) is -2.38. The predicted octanol–water partition coefficient (Wildman–Crippen LogP) is 4.40. The molecule has 10 heteroatoms. The molecule has 1 amide bonds. The maximum atomic E-state index is 13.8. The van der Waals surface area contributed by atoms with Gasteiger partial charge in [-0.25, -0.2) is 18.4 Å². The fourth-order valence-corrected chi connectivity index (χ4v) is 3.93. The van der Waals surface area contributed by atoms with Crippen LogP contribution in [0.5, 0.6) is 0 Å². The monoisotopic (exact) mass is 446 g/mol. The smallest absolute Gasteiger partial charge is 0.294 e. The minimum Gasteiger partial charge on any atom is -0.322 e. The fraction of sp³-hybridized carbons (Fsp3) is 0.100. The molecule has 0 aliphatic rings. The number of anilines is 1. The molecule has 4 aromatic rings. The van der Waals surface area contributed by atoms with Gasteiger partial charge < -0.3 is 5.32 Å². The van der Waals surface area contributed by atoms with Gasteiger partial charge in [-0.15, -0.1) is 11.3 Å². The molecular formula is C20H13ClF2N4O2S. The van der Waals surface area contributed by atoms with E-state index in [1.54, 1.807) is 31.2 Å². The summed E-state index contributed by atoms with van der Waals surface area (Å²) in [7, 11) is 0. The maximum absolute atomic E-state index is 13.8. The summed E-state index contributed by atoms with van der Waals surface area (Å²) in [5, 5.41) is 7.89. The highest BCUT2D eigenvalue weighted by molar-refractivity contribution is 7.19. The third-order valence-electron chi connectivity index (χ3n) is 4.22. The van der Waals surface area contributed by atoms with Crippen LogP contribution in [0.1, 0.15) is 5.01 Å². The lowest BCUT2D eigenvalue weighted by Gasteiger charge is -2.10. The Hall–Kier alpha value is -3.17. The van der Waals surface area contributed by atoms with Crippen molar-refractivity contribution in [3.05, 3.63) is 74.5 Å². The second kappa shape index (κ2) is 7.92. The number of amides is 1. The van der Waals surface area contributed by atoms with E-state index in [1.165, 1.54) is 11.3 Å². The van der Waals surface area contributed by atoms with Gasteiger partial charge in [0.25, 0.3) is 5.56 Å². The summed E-state index contributed by atoms with van der Waals surface area (Å²) < 4.78 is 28.4. The lowest BCUT2D eigenvalue weighted by Crippen LogP contribution is -2.30. The quantitative estimate of drug-likeness (QED) is 0.504. The molecule has 6 nitrogen and oxygen atoms in total. The minimum absolute atomic E-state index is 0.193.